The lowest BCUT2D eigenvalue weighted by Gasteiger charge is -2.25. The molecular weight excluding hydrogens is 328 g/mol. The van der Waals surface area contributed by atoms with Crippen molar-refractivity contribution >= 4 is 11.8 Å². The van der Waals surface area contributed by atoms with Crippen molar-refractivity contribution < 1.29 is 9.59 Å². The van der Waals surface area contributed by atoms with E-state index in [9.17, 15) is 9.59 Å². The third kappa shape index (κ3) is 4.29. The van der Waals surface area contributed by atoms with Crippen LogP contribution in [0.15, 0.2) is 40.6 Å². The van der Waals surface area contributed by atoms with Crippen molar-refractivity contribution in [3.8, 4) is 12.3 Å². The van der Waals surface area contributed by atoms with Crippen molar-refractivity contribution in [3.63, 3.8) is 0 Å². The molecule has 26 heavy (non-hydrogen) atoms. The molecule has 6 heteroatoms. The van der Waals surface area contributed by atoms with E-state index in [1.165, 1.54) is 0 Å². The standard InChI is InChI=1S/C20H24N4O2/c1-3-4-11-20(22-23-20)12-10-18(25)21-17-13-19(26)24(15(17)2)14-16-8-6-5-7-9-16/h1,5-9,15,17H,4,10-14H2,2H3,(H,21,25). The van der Waals surface area contributed by atoms with Crippen LogP contribution in [0.25, 0.3) is 0 Å². The van der Waals surface area contributed by atoms with E-state index in [1.54, 1.807) is 0 Å². The van der Waals surface area contributed by atoms with Crippen molar-refractivity contribution in [3.05, 3.63) is 35.9 Å². The number of hydrogen-bond donors (Lipinski definition) is 1. The first kappa shape index (κ1) is 18.1. The Morgan fingerprint density at radius 1 is 1.35 bits per heavy atom. The van der Waals surface area contributed by atoms with Crippen LogP contribution in [0.2, 0.25) is 0 Å². The van der Waals surface area contributed by atoms with Crippen LogP contribution >= 0.6 is 0 Å². The molecule has 0 spiro atoms. The molecule has 0 aromatic heterocycles. The van der Waals surface area contributed by atoms with E-state index in [1.807, 2.05) is 42.2 Å². The Kier molecular flexibility index (Phi) is 5.36. The summed E-state index contributed by atoms with van der Waals surface area (Å²) in [5, 5.41) is 11.1. The van der Waals surface area contributed by atoms with Gasteiger partial charge in [0.1, 0.15) is 0 Å². The third-order valence-electron chi connectivity index (χ3n) is 5.14. The fourth-order valence-corrected chi connectivity index (χ4v) is 3.36. The molecule has 136 valence electrons. The predicted molar refractivity (Wildman–Crippen MR) is 97.9 cm³/mol. The van der Waals surface area contributed by atoms with Crippen LogP contribution < -0.4 is 5.32 Å². The highest BCUT2D eigenvalue weighted by atomic mass is 16.2. The maximum absolute atomic E-state index is 12.4. The predicted octanol–water partition coefficient (Wildman–Crippen LogP) is 2.65. The normalized spacial score (nSPS) is 22.9. The van der Waals surface area contributed by atoms with Gasteiger partial charge < -0.3 is 10.2 Å². The SMILES string of the molecule is C#CCCC1(CCC(=O)NC2CC(=O)N(Cc3ccccc3)C2C)N=N1. The average molecular weight is 352 g/mol. The molecule has 2 heterocycles. The van der Waals surface area contributed by atoms with Gasteiger partial charge in [-0.05, 0) is 12.5 Å². The lowest BCUT2D eigenvalue weighted by atomic mass is 10.0. The van der Waals surface area contributed by atoms with Crippen molar-refractivity contribution in [1.82, 2.24) is 10.2 Å². The van der Waals surface area contributed by atoms with Gasteiger partial charge in [-0.3, -0.25) is 9.59 Å². The van der Waals surface area contributed by atoms with E-state index in [-0.39, 0.29) is 23.9 Å². The second-order valence-electron chi connectivity index (χ2n) is 7.01. The van der Waals surface area contributed by atoms with E-state index in [2.05, 4.69) is 21.5 Å². The fourth-order valence-electron chi connectivity index (χ4n) is 3.36. The van der Waals surface area contributed by atoms with E-state index in [4.69, 9.17) is 6.42 Å². The number of terminal acetylenes is 1. The van der Waals surface area contributed by atoms with Crippen molar-refractivity contribution in [2.24, 2.45) is 10.2 Å². The number of benzene rings is 1. The summed E-state index contributed by atoms with van der Waals surface area (Å²) in [7, 11) is 0. The molecular formula is C20H24N4O2. The highest BCUT2D eigenvalue weighted by Crippen LogP contribution is 2.37. The molecule has 2 unspecified atom stereocenters. The second kappa shape index (κ2) is 7.69. The van der Waals surface area contributed by atoms with Gasteiger partial charge in [0.15, 0.2) is 5.66 Å². The summed E-state index contributed by atoms with van der Waals surface area (Å²) in [4.78, 5) is 26.5. The number of likely N-dealkylation sites (tertiary alicyclic amines) is 1. The molecule has 2 aliphatic heterocycles. The van der Waals surface area contributed by atoms with Crippen LogP contribution in [-0.2, 0) is 16.1 Å². The summed E-state index contributed by atoms with van der Waals surface area (Å²) in [5.74, 6) is 2.59. The van der Waals surface area contributed by atoms with E-state index < -0.39 is 5.66 Å². The number of nitrogens with one attached hydrogen (secondary N) is 1. The first-order chi connectivity index (χ1) is 12.5. The zero-order valence-electron chi connectivity index (χ0n) is 15.0. The molecule has 0 bridgehead atoms. The van der Waals surface area contributed by atoms with Gasteiger partial charge in [0.2, 0.25) is 11.8 Å². The van der Waals surface area contributed by atoms with Crippen LogP contribution in [-0.4, -0.2) is 34.5 Å². The number of amides is 2. The Morgan fingerprint density at radius 3 is 2.73 bits per heavy atom. The third-order valence-corrected chi connectivity index (χ3v) is 5.14. The maximum atomic E-state index is 12.4. The Labute approximate surface area is 154 Å². The van der Waals surface area contributed by atoms with Crippen LogP contribution in [0.4, 0.5) is 0 Å². The molecule has 2 amide bonds. The molecule has 0 saturated carbocycles. The summed E-state index contributed by atoms with van der Waals surface area (Å²) in [6.45, 7) is 2.55. The topological polar surface area (TPSA) is 74.1 Å². The molecule has 6 nitrogen and oxygen atoms in total. The number of carbonyl (C=O) groups excluding carboxylic acids is 2. The summed E-state index contributed by atoms with van der Waals surface area (Å²) < 4.78 is 0. The minimum absolute atomic E-state index is 0.0302. The van der Waals surface area contributed by atoms with E-state index >= 15 is 0 Å². The molecule has 1 saturated heterocycles. The number of rotatable bonds is 8. The van der Waals surface area contributed by atoms with Crippen molar-refractivity contribution in [2.45, 2.75) is 63.3 Å². The summed E-state index contributed by atoms with van der Waals surface area (Å²) in [6.07, 6.45) is 7.84. The van der Waals surface area contributed by atoms with E-state index in [0.717, 1.165) is 5.56 Å². The smallest absolute Gasteiger partial charge is 0.225 e. The first-order valence-corrected chi connectivity index (χ1v) is 9.03. The molecule has 3 rings (SSSR count). The van der Waals surface area contributed by atoms with Gasteiger partial charge in [0.05, 0.1) is 6.04 Å². The Bertz CT molecular complexity index is 732. The molecule has 1 fully saturated rings. The summed E-state index contributed by atoms with van der Waals surface area (Å²) >= 11 is 0. The van der Waals surface area contributed by atoms with Crippen LogP contribution in [0.1, 0.15) is 44.6 Å². The van der Waals surface area contributed by atoms with Gasteiger partial charge in [-0.15, -0.1) is 12.3 Å². The Morgan fingerprint density at radius 2 is 2.08 bits per heavy atom. The molecule has 1 N–H and O–H groups in total. The van der Waals surface area contributed by atoms with Gasteiger partial charge in [-0.1, -0.05) is 30.3 Å². The molecule has 1 aromatic rings. The first-order valence-electron chi connectivity index (χ1n) is 9.03. The van der Waals surface area contributed by atoms with Gasteiger partial charge in [0.25, 0.3) is 0 Å². The van der Waals surface area contributed by atoms with Crippen LogP contribution in [0.5, 0.6) is 0 Å². The quantitative estimate of drug-likeness (QED) is 0.731. The number of carbonyl (C=O) groups is 2. The highest BCUT2D eigenvalue weighted by Gasteiger charge is 2.40. The van der Waals surface area contributed by atoms with Crippen molar-refractivity contribution in [2.75, 3.05) is 0 Å². The Hall–Kier alpha value is -2.68. The minimum atomic E-state index is -0.444. The number of nitrogens with zero attached hydrogens (tertiary/aromatic N) is 3. The van der Waals surface area contributed by atoms with Gasteiger partial charge in [-0.2, -0.15) is 10.2 Å². The number of hydrogen-bond acceptors (Lipinski definition) is 4. The monoisotopic (exact) mass is 352 g/mol. The molecule has 1 aromatic carbocycles. The van der Waals surface area contributed by atoms with Gasteiger partial charge >= 0.3 is 0 Å². The van der Waals surface area contributed by atoms with Crippen LogP contribution in [0, 0.1) is 12.3 Å². The minimum Gasteiger partial charge on any atom is -0.351 e. The Balaban J connectivity index is 1.48. The molecule has 0 aliphatic carbocycles. The lowest BCUT2D eigenvalue weighted by Crippen LogP contribution is -2.43. The molecule has 2 aliphatic rings. The zero-order valence-corrected chi connectivity index (χ0v) is 15.0. The van der Waals surface area contributed by atoms with Crippen LogP contribution in [0.3, 0.4) is 0 Å². The zero-order chi connectivity index (χ0) is 18.6. The van der Waals surface area contributed by atoms with Gasteiger partial charge in [-0.25, -0.2) is 0 Å². The fraction of sp³-hybridized carbons (Fsp3) is 0.500. The summed E-state index contributed by atoms with van der Waals surface area (Å²) in [5.41, 5.74) is 0.646. The largest absolute Gasteiger partial charge is 0.351 e. The van der Waals surface area contributed by atoms with Gasteiger partial charge in [0, 0.05) is 44.7 Å². The van der Waals surface area contributed by atoms with E-state index in [0.29, 0.717) is 38.6 Å². The lowest BCUT2D eigenvalue weighted by molar-refractivity contribution is -0.129. The molecule has 2 atom stereocenters. The average Bonchev–Trinajstić information content (AvgIpc) is 3.37. The summed E-state index contributed by atoms with van der Waals surface area (Å²) in [6, 6.07) is 9.70. The second-order valence-corrected chi connectivity index (χ2v) is 7.01. The maximum Gasteiger partial charge on any atom is 0.225 e. The highest BCUT2D eigenvalue weighted by molar-refractivity contribution is 5.82. The molecule has 0 radical (unpaired) electrons. The van der Waals surface area contributed by atoms with Crippen molar-refractivity contribution in [1.29, 1.82) is 0 Å².